The lowest BCUT2D eigenvalue weighted by Gasteiger charge is -2.24. The summed E-state index contributed by atoms with van der Waals surface area (Å²) in [4.78, 5) is 18.6. The van der Waals surface area contributed by atoms with E-state index in [1.54, 1.807) is 13.2 Å². The summed E-state index contributed by atoms with van der Waals surface area (Å²) in [5.41, 5.74) is 3.59. The SMILES string of the molecule is COc1cc(Cl)ccc1-c1nc2ccc(C(C)(C)CNC=O)cc2[nH]1. The Labute approximate surface area is 151 Å². The van der Waals surface area contributed by atoms with E-state index in [1.165, 1.54) is 0 Å². The van der Waals surface area contributed by atoms with Gasteiger partial charge >= 0.3 is 0 Å². The van der Waals surface area contributed by atoms with Crippen LogP contribution in [-0.2, 0) is 10.2 Å². The number of rotatable bonds is 6. The van der Waals surface area contributed by atoms with E-state index in [0.29, 0.717) is 17.3 Å². The lowest BCUT2D eigenvalue weighted by atomic mass is 9.84. The van der Waals surface area contributed by atoms with Crippen molar-refractivity contribution in [2.75, 3.05) is 13.7 Å². The normalized spacial score (nSPS) is 11.5. The van der Waals surface area contributed by atoms with Crippen LogP contribution in [0.15, 0.2) is 36.4 Å². The van der Waals surface area contributed by atoms with Gasteiger partial charge in [0.2, 0.25) is 6.41 Å². The fourth-order valence-electron chi connectivity index (χ4n) is 2.82. The third-order valence-corrected chi connectivity index (χ3v) is 4.54. The second kappa shape index (κ2) is 6.76. The van der Waals surface area contributed by atoms with Crippen LogP contribution in [0.5, 0.6) is 5.75 Å². The summed E-state index contributed by atoms with van der Waals surface area (Å²) in [5.74, 6) is 1.40. The Morgan fingerprint density at radius 2 is 2.08 bits per heavy atom. The molecule has 5 nitrogen and oxygen atoms in total. The lowest BCUT2D eigenvalue weighted by Crippen LogP contribution is -2.32. The number of halogens is 1. The first-order valence-electron chi connectivity index (χ1n) is 7.96. The number of ether oxygens (including phenoxy) is 1. The van der Waals surface area contributed by atoms with Crippen molar-refractivity contribution in [3.63, 3.8) is 0 Å². The van der Waals surface area contributed by atoms with Gasteiger partial charge in [-0.1, -0.05) is 31.5 Å². The highest BCUT2D eigenvalue weighted by Gasteiger charge is 2.21. The van der Waals surface area contributed by atoms with Gasteiger partial charge in [0.15, 0.2) is 0 Å². The number of H-pyrrole nitrogens is 1. The molecule has 130 valence electrons. The number of hydrogen-bond acceptors (Lipinski definition) is 3. The van der Waals surface area contributed by atoms with Crippen LogP contribution in [0.3, 0.4) is 0 Å². The Bertz CT molecular complexity index is 918. The first kappa shape index (κ1) is 17.3. The van der Waals surface area contributed by atoms with E-state index in [1.807, 2.05) is 24.3 Å². The van der Waals surface area contributed by atoms with Crippen LogP contribution in [0.4, 0.5) is 0 Å². The van der Waals surface area contributed by atoms with Gasteiger partial charge < -0.3 is 15.0 Å². The molecule has 0 aliphatic heterocycles. The van der Waals surface area contributed by atoms with E-state index in [9.17, 15) is 4.79 Å². The molecular formula is C19H20ClN3O2. The molecule has 3 rings (SSSR count). The number of nitrogens with zero attached hydrogens (tertiary/aromatic N) is 1. The minimum absolute atomic E-state index is 0.182. The number of methoxy groups -OCH3 is 1. The molecule has 25 heavy (non-hydrogen) atoms. The number of nitrogens with one attached hydrogen (secondary N) is 2. The van der Waals surface area contributed by atoms with Gasteiger partial charge in [0.05, 0.1) is 23.7 Å². The van der Waals surface area contributed by atoms with Gasteiger partial charge in [-0.25, -0.2) is 4.98 Å². The molecule has 1 heterocycles. The maximum absolute atomic E-state index is 10.6. The molecule has 3 aromatic rings. The Balaban J connectivity index is 2.02. The average Bonchev–Trinajstić information content (AvgIpc) is 3.02. The van der Waals surface area contributed by atoms with Crippen molar-refractivity contribution < 1.29 is 9.53 Å². The highest BCUT2D eigenvalue weighted by molar-refractivity contribution is 6.30. The van der Waals surface area contributed by atoms with E-state index in [-0.39, 0.29) is 5.41 Å². The van der Waals surface area contributed by atoms with Crippen LogP contribution in [0.2, 0.25) is 5.02 Å². The predicted molar refractivity (Wildman–Crippen MR) is 100 cm³/mol. The van der Waals surface area contributed by atoms with Crippen LogP contribution < -0.4 is 10.1 Å². The molecule has 0 bridgehead atoms. The van der Waals surface area contributed by atoms with Crippen LogP contribution in [-0.4, -0.2) is 30.0 Å². The number of carbonyl (C=O) groups is 1. The van der Waals surface area contributed by atoms with Gasteiger partial charge in [-0.2, -0.15) is 0 Å². The summed E-state index contributed by atoms with van der Waals surface area (Å²) in [5, 5.41) is 3.37. The first-order valence-corrected chi connectivity index (χ1v) is 8.33. The Morgan fingerprint density at radius 1 is 1.28 bits per heavy atom. The molecule has 2 N–H and O–H groups in total. The fraction of sp³-hybridized carbons (Fsp3) is 0.263. The van der Waals surface area contributed by atoms with Crippen molar-refractivity contribution in [2.45, 2.75) is 19.3 Å². The average molecular weight is 358 g/mol. The minimum atomic E-state index is -0.182. The quantitative estimate of drug-likeness (QED) is 0.657. The molecule has 0 spiro atoms. The molecule has 0 aliphatic carbocycles. The fourth-order valence-corrected chi connectivity index (χ4v) is 2.98. The maximum atomic E-state index is 10.6. The monoisotopic (exact) mass is 357 g/mol. The molecule has 1 amide bonds. The van der Waals surface area contributed by atoms with Gasteiger partial charge in [-0.3, -0.25) is 4.79 Å². The minimum Gasteiger partial charge on any atom is -0.496 e. The topological polar surface area (TPSA) is 67.0 Å². The highest BCUT2D eigenvalue weighted by Crippen LogP contribution is 2.33. The number of imidazole rings is 1. The van der Waals surface area contributed by atoms with Gasteiger partial charge in [-0.15, -0.1) is 0 Å². The second-order valence-corrected chi connectivity index (χ2v) is 6.98. The smallest absolute Gasteiger partial charge is 0.207 e. The zero-order chi connectivity index (χ0) is 18.0. The standard InChI is InChI=1S/C19H20ClN3O2/c1-19(2,10-21-11-24)12-4-7-15-16(8-12)23-18(22-15)14-6-5-13(20)9-17(14)25-3/h4-9,11H,10H2,1-3H3,(H,21,24)(H,22,23). The number of fused-ring (bicyclic) bond motifs is 1. The summed E-state index contributed by atoms with van der Waals surface area (Å²) >= 11 is 6.03. The zero-order valence-corrected chi connectivity index (χ0v) is 15.1. The van der Waals surface area contributed by atoms with E-state index < -0.39 is 0 Å². The molecule has 6 heteroatoms. The Kier molecular flexibility index (Phi) is 4.68. The third-order valence-electron chi connectivity index (χ3n) is 4.31. The summed E-state index contributed by atoms with van der Waals surface area (Å²) in [6, 6.07) is 11.6. The van der Waals surface area contributed by atoms with E-state index in [2.05, 4.69) is 35.2 Å². The van der Waals surface area contributed by atoms with Crippen LogP contribution in [0.25, 0.3) is 22.4 Å². The molecule has 0 radical (unpaired) electrons. The molecule has 0 unspecified atom stereocenters. The number of carbonyl (C=O) groups excluding carboxylic acids is 1. The van der Waals surface area contributed by atoms with E-state index in [0.717, 1.165) is 34.4 Å². The third kappa shape index (κ3) is 3.46. The van der Waals surface area contributed by atoms with Gasteiger partial charge in [0, 0.05) is 17.0 Å². The van der Waals surface area contributed by atoms with Crippen molar-refractivity contribution in [3.8, 4) is 17.1 Å². The summed E-state index contributed by atoms with van der Waals surface area (Å²) in [6.07, 6.45) is 0.724. The predicted octanol–water partition coefficient (Wildman–Crippen LogP) is 3.92. The molecular weight excluding hydrogens is 338 g/mol. The Morgan fingerprint density at radius 3 is 2.80 bits per heavy atom. The van der Waals surface area contributed by atoms with Crippen LogP contribution >= 0.6 is 11.6 Å². The van der Waals surface area contributed by atoms with Crippen molar-refractivity contribution in [1.82, 2.24) is 15.3 Å². The molecule has 0 atom stereocenters. The van der Waals surface area contributed by atoms with Crippen LogP contribution in [0.1, 0.15) is 19.4 Å². The van der Waals surface area contributed by atoms with Gasteiger partial charge in [0.1, 0.15) is 11.6 Å². The molecule has 0 fully saturated rings. The molecule has 2 aromatic carbocycles. The van der Waals surface area contributed by atoms with Crippen molar-refractivity contribution in [3.05, 3.63) is 47.0 Å². The number of amides is 1. The van der Waals surface area contributed by atoms with Crippen molar-refractivity contribution in [2.24, 2.45) is 0 Å². The number of benzene rings is 2. The van der Waals surface area contributed by atoms with Crippen molar-refractivity contribution >= 4 is 29.0 Å². The molecule has 0 aliphatic rings. The highest BCUT2D eigenvalue weighted by atomic mass is 35.5. The number of hydrogen-bond donors (Lipinski definition) is 2. The Hall–Kier alpha value is -2.53. The molecule has 0 saturated heterocycles. The largest absolute Gasteiger partial charge is 0.496 e. The maximum Gasteiger partial charge on any atom is 0.207 e. The number of aromatic nitrogens is 2. The zero-order valence-electron chi connectivity index (χ0n) is 14.4. The molecule has 1 aromatic heterocycles. The second-order valence-electron chi connectivity index (χ2n) is 6.54. The number of aromatic amines is 1. The summed E-state index contributed by atoms with van der Waals surface area (Å²) in [6.45, 7) is 4.74. The van der Waals surface area contributed by atoms with E-state index >= 15 is 0 Å². The van der Waals surface area contributed by atoms with Gasteiger partial charge in [0.25, 0.3) is 0 Å². The first-order chi connectivity index (χ1) is 11.9. The van der Waals surface area contributed by atoms with Crippen molar-refractivity contribution in [1.29, 1.82) is 0 Å². The van der Waals surface area contributed by atoms with E-state index in [4.69, 9.17) is 16.3 Å². The van der Waals surface area contributed by atoms with Crippen LogP contribution in [0, 0.1) is 0 Å². The summed E-state index contributed by atoms with van der Waals surface area (Å²) < 4.78 is 5.41. The molecule has 0 saturated carbocycles. The lowest BCUT2D eigenvalue weighted by molar-refractivity contribution is -0.109. The summed E-state index contributed by atoms with van der Waals surface area (Å²) in [7, 11) is 1.61. The van der Waals surface area contributed by atoms with Gasteiger partial charge in [-0.05, 0) is 35.9 Å².